The van der Waals surface area contributed by atoms with E-state index in [0.29, 0.717) is 29.6 Å². The maximum Gasteiger partial charge on any atom is 0.246 e. The van der Waals surface area contributed by atoms with Crippen molar-refractivity contribution in [3.8, 4) is 0 Å². The van der Waals surface area contributed by atoms with E-state index in [9.17, 15) is 12.8 Å². The van der Waals surface area contributed by atoms with Gasteiger partial charge in [-0.2, -0.15) is 4.31 Å². The number of rotatable bonds is 5. The molecular weight excluding hydrogens is 387 g/mol. The Bertz CT molecular complexity index is 1060. The van der Waals surface area contributed by atoms with Crippen LogP contribution in [0.4, 0.5) is 4.39 Å². The van der Waals surface area contributed by atoms with Gasteiger partial charge in [-0.3, -0.25) is 4.40 Å². The highest BCUT2D eigenvalue weighted by Gasteiger charge is 2.29. The van der Waals surface area contributed by atoms with E-state index in [1.165, 1.54) is 28.2 Å². The zero-order chi connectivity index (χ0) is 18.9. The largest absolute Gasteiger partial charge is 0.276 e. The quantitative estimate of drug-likeness (QED) is 0.608. The van der Waals surface area contributed by atoms with E-state index in [1.54, 1.807) is 28.8 Å². The average molecular weight is 407 g/mol. The van der Waals surface area contributed by atoms with Gasteiger partial charge in [-0.15, -0.1) is 10.2 Å². The molecule has 1 aliphatic rings. The fraction of sp³-hybridized carbons (Fsp3) is 0.333. The van der Waals surface area contributed by atoms with E-state index < -0.39 is 10.0 Å². The molecule has 0 saturated carbocycles. The summed E-state index contributed by atoms with van der Waals surface area (Å²) in [7, 11) is -3.60. The summed E-state index contributed by atoms with van der Waals surface area (Å²) in [5, 5.41) is 8.85. The summed E-state index contributed by atoms with van der Waals surface area (Å²) in [6, 6.07) is 9.65. The fourth-order valence-electron chi connectivity index (χ4n) is 3.19. The third kappa shape index (κ3) is 3.71. The summed E-state index contributed by atoms with van der Waals surface area (Å²) in [4.78, 5) is 0.178. The van der Waals surface area contributed by atoms with Crippen LogP contribution in [0, 0.1) is 5.82 Å². The van der Waals surface area contributed by atoms with Crippen LogP contribution < -0.4 is 0 Å². The molecular formula is C18H19FN4O2S2. The predicted molar refractivity (Wildman–Crippen MR) is 102 cm³/mol. The van der Waals surface area contributed by atoms with E-state index in [0.717, 1.165) is 24.8 Å². The van der Waals surface area contributed by atoms with Crippen molar-refractivity contribution in [3.05, 3.63) is 54.0 Å². The smallest absolute Gasteiger partial charge is 0.246 e. The molecule has 0 atom stereocenters. The van der Waals surface area contributed by atoms with Crippen molar-refractivity contribution < 1.29 is 12.8 Å². The van der Waals surface area contributed by atoms with Gasteiger partial charge in [0.1, 0.15) is 10.7 Å². The number of aromatic nitrogens is 3. The van der Waals surface area contributed by atoms with Crippen molar-refractivity contribution >= 4 is 27.4 Å². The topological polar surface area (TPSA) is 67.6 Å². The molecule has 0 N–H and O–H groups in total. The Kier molecular flexibility index (Phi) is 5.16. The number of pyridine rings is 1. The van der Waals surface area contributed by atoms with Crippen LogP contribution in [0.15, 0.2) is 52.6 Å². The zero-order valence-corrected chi connectivity index (χ0v) is 16.2. The third-order valence-corrected chi connectivity index (χ3v) is 7.49. The van der Waals surface area contributed by atoms with Crippen LogP contribution in [0.2, 0.25) is 0 Å². The second kappa shape index (κ2) is 7.57. The van der Waals surface area contributed by atoms with Gasteiger partial charge in [0.25, 0.3) is 0 Å². The number of sulfonamides is 1. The highest BCUT2D eigenvalue weighted by molar-refractivity contribution is 7.98. The minimum absolute atomic E-state index is 0.178. The molecule has 27 heavy (non-hydrogen) atoms. The van der Waals surface area contributed by atoms with Gasteiger partial charge in [-0.05, 0) is 42.7 Å². The number of halogens is 1. The number of hydrogen-bond acceptors (Lipinski definition) is 5. The summed E-state index contributed by atoms with van der Waals surface area (Å²) in [6.07, 6.45) is 4.56. The summed E-state index contributed by atoms with van der Waals surface area (Å²) >= 11 is 1.39. The molecule has 4 rings (SSSR count). The summed E-state index contributed by atoms with van der Waals surface area (Å²) in [5.41, 5.74) is 1.15. The Hall–Kier alpha value is -1.97. The summed E-state index contributed by atoms with van der Waals surface area (Å²) in [5.74, 6) is 0.232. The molecule has 0 radical (unpaired) electrons. The summed E-state index contributed by atoms with van der Waals surface area (Å²) < 4.78 is 42.6. The van der Waals surface area contributed by atoms with E-state index in [-0.39, 0.29) is 10.7 Å². The molecule has 1 saturated heterocycles. The van der Waals surface area contributed by atoms with E-state index >= 15 is 0 Å². The van der Waals surface area contributed by atoms with Crippen LogP contribution in [0.3, 0.4) is 0 Å². The second-order valence-electron chi connectivity index (χ2n) is 6.43. The second-order valence-corrected chi connectivity index (χ2v) is 9.28. The lowest BCUT2D eigenvalue weighted by Crippen LogP contribution is -2.35. The lowest BCUT2D eigenvalue weighted by molar-refractivity contribution is 0.347. The predicted octanol–water partition coefficient (Wildman–Crippen LogP) is 3.34. The van der Waals surface area contributed by atoms with Crippen molar-refractivity contribution in [2.24, 2.45) is 0 Å². The average Bonchev–Trinajstić information content (AvgIpc) is 3.10. The SMILES string of the molecule is O=S(=O)(c1cccn2c(SCc3cccc(F)c3)nnc12)N1CCCCC1. The fourth-order valence-corrected chi connectivity index (χ4v) is 5.69. The van der Waals surface area contributed by atoms with Crippen molar-refractivity contribution in [1.29, 1.82) is 0 Å². The van der Waals surface area contributed by atoms with Gasteiger partial charge in [0.05, 0.1) is 0 Å². The molecule has 0 spiro atoms. The first-order valence-corrected chi connectivity index (χ1v) is 11.2. The van der Waals surface area contributed by atoms with Crippen LogP contribution >= 0.6 is 11.8 Å². The monoisotopic (exact) mass is 406 g/mol. The molecule has 0 amide bonds. The molecule has 3 aromatic rings. The number of piperidine rings is 1. The van der Waals surface area contributed by atoms with Crippen molar-refractivity contribution in [3.63, 3.8) is 0 Å². The van der Waals surface area contributed by atoms with Gasteiger partial charge in [-0.1, -0.05) is 30.3 Å². The molecule has 3 heterocycles. The summed E-state index contributed by atoms with van der Waals surface area (Å²) in [6.45, 7) is 1.08. The van der Waals surface area contributed by atoms with Crippen molar-refractivity contribution in [2.45, 2.75) is 35.1 Å². The molecule has 9 heteroatoms. The van der Waals surface area contributed by atoms with Crippen molar-refractivity contribution in [2.75, 3.05) is 13.1 Å². The molecule has 0 bridgehead atoms. The van der Waals surface area contributed by atoms with Crippen LogP contribution in [0.1, 0.15) is 24.8 Å². The Morgan fingerprint density at radius 3 is 2.67 bits per heavy atom. The Labute approximate surface area is 161 Å². The zero-order valence-electron chi connectivity index (χ0n) is 14.6. The molecule has 1 fully saturated rings. The standard InChI is InChI=1S/C18H19FN4O2S2/c19-15-7-4-6-14(12-15)13-26-18-21-20-17-16(8-5-11-23(17)18)27(24,25)22-9-2-1-3-10-22/h4-8,11-12H,1-3,9-10,13H2. The molecule has 1 aromatic carbocycles. The van der Waals surface area contributed by atoms with Gasteiger partial charge < -0.3 is 0 Å². The highest BCUT2D eigenvalue weighted by Crippen LogP contribution is 2.27. The van der Waals surface area contributed by atoms with E-state index in [2.05, 4.69) is 10.2 Å². The molecule has 2 aromatic heterocycles. The number of benzene rings is 1. The Balaban J connectivity index is 1.63. The van der Waals surface area contributed by atoms with Gasteiger partial charge in [0.15, 0.2) is 10.8 Å². The van der Waals surface area contributed by atoms with Gasteiger partial charge in [0.2, 0.25) is 10.0 Å². The van der Waals surface area contributed by atoms with Crippen LogP contribution in [0.5, 0.6) is 0 Å². The molecule has 1 aliphatic heterocycles. The van der Waals surface area contributed by atoms with E-state index in [4.69, 9.17) is 0 Å². The molecule has 142 valence electrons. The first kappa shape index (κ1) is 18.4. The third-order valence-electron chi connectivity index (χ3n) is 4.56. The maximum atomic E-state index is 13.3. The number of hydrogen-bond donors (Lipinski definition) is 0. The highest BCUT2D eigenvalue weighted by atomic mass is 32.2. The molecule has 0 aliphatic carbocycles. The molecule has 0 unspecified atom stereocenters. The maximum absolute atomic E-state index is 13.3. The van der Waals surface area contributed by atoms with Gasteiger partial charge in [-0.25, -0.2) is 12.8 Å². The lowest BCUT2D eigenvalue weighted by Gasteiger charge is -2.25. The minimum Gasteiger partial charge on any atom is -0.276 e. The van der Waals surface area contributed by atoms with Gasteiger partial charge in [0, 0.05) is 25.0 Å². The van der Waals surface area contributed by atoms with Crippen molar-refractivity contribution in [1.82, 2.24) is 18.9 Å². The van der Waals surface area contributed by atoms with Crippen LogP contribution in [-0.2, 0) is 15.8 Å². The van der Waals surface area contributed by atoms with E-state index in [1.807, 2.05) is 6.07 Å². The lowest BCUT2D eigenvalue weighted by atomic mass is 10.2. The number of nitrogens with zero attached hydrogens (tertiary/aromatic N) is 4. The first-order chi connectivity index (χ1) is 13.1. The van der Waals surface area contributed by atoms with Gasteiger partial charge >= 0.3 is 0 Å². The Morgan fingerprint density at radius 1 is 1.07 bits per heavy atom. The van der Waals surface area contributed by atoms with Crippen LogP contribution in [-0.4, -0.2) is 40.4 Å². The molecule has 6 nitrogen and oxygen atoms in total. The number of thioether (sulfide) groups is 1. The number of fused-ring (bicyclic) bond motifs is 1. The first-order valence-electron chi connectivity index (χ1n) is 8.77. The normalized spacial score (nSPS) is 16.0. The Morgan fingerprint density at radius 2 is 1.89 bits per heavy atom. The minimum atomic E-state index is -3.60. The van der Waals surface area contributed by atoms with Crippen LogP contribution in [0.25, 0.3) is 5.65 Å².